The van der Waals surface area contributed by atoms with Crippen molar-refractivity contribution >= 4 is 16.5 Å². The van der Waals surface area contributed by atoms with E-state index in [1.165, 1.54) is 37.5 Å². The van der Waals surface area contributed by atoms with Crippen molar-refractivity contribution < 1.29 is 18.3 Å². The summed E-state index contributed by atoms with van der Waals surface area (Å²) in [6.45, 7) is 2.23. The van der Waals surface area contributed by atoms with Crippen molar-refractivity contribution in [1.82, 2.24) is 9.21 Å². The molecule has 0 saturated carbocycles. The smallest absolute Gasteiger partial charge is 0.290 e. The molecule has 0 aliphatic carbocycles. The van der Waals surface area contributed by atoms with E-state index in [0.717, 1.165) is 13.1 Å². The van der Waals surface area contributed by atoms with E-state index in [9.17, 15) is 8.42 Å². The van der Waals surface area contributed by atoms with Crippen molar-refractivity contribution in [2.45, 2.75) is 37.8 Å². The van der Waals surface area contributed by atoms with Crippen LogP contribution in [0.25, 0.3) is 0 Å². The molecule has 4 rings (SSSR count). The molecule has 0 aromatic heterocycles. The van der Waals surface area contributed by atoms with Gasteiger partial charge in [0.05, 0.1) is 6.26 Å². The highest BCUT2D eigenvalue weighted by atomic mass is 32.2. The molecule has 0 unspecified atom stereocenters. The van der Waals surface area contributed by atoms with Gasteiger partial charge in [0.1, 0.15) is 0 Å². The number of hydrogen-bond acceptors (Lipinski definition) is 4. The van der Waals surface area contributed by atoms with Gasteiger partial charge in [0.2, 0.25) is 10.0 Å². The maximum absolute atomic E-state index is 12.0. The third-order valence-electron chi connectivity index (χ3n) is 6.01. The molecule has 0 spiro atoms. The third kappa shape index (κ3) is 4.10. The summed E-state index contributed by atoms with van der Waals surface area (Å²) in [5, 5.41) is 6.89. The van der Waals surface area contributed by atoms with Gasteiger partial charge in [-0.25, -0.2) is 12.7 Å². The number of sulfonamides is 1. The van der Waals surface area contributed by atoms with E-state index in [1.54, 1.807) is 4.31 Å². The van der Waals surface area contributed by atoms with Gasteiger partial charge in [0.25, 0.3) is 6.47 Å². The highest BCUT2D eigenvalue weighted by molar-refractivity contribution is 7.88. The lowest BCUT2D eigenvalue weighted by atomic mass is 9.74. The minimum atomic E-state index is -3.06. The number of nitrogens with zero attached hydrogens (tertiary/aromatic N) is 2. The lowest BCUT2D eigenvalue weighted by molar-refractivity contribution is -0.122. The summed E-state index contributed by atoms with van der Waals surface area (Å²) in [5.74, 6) is 0.993. The number of piperidine rings is 3. The molecule has 3 saturated heterocycles. The Hall–Kier alpha value is -1.44. The summed E-state index contributed by atoms with van der Waals surface area (Å²) < 4.78 is 25.7. The number of rotatable bonds is 2. The highest BCUT2D eigenvalue weighted by Crippen LogP contribution is 2.44. The minimum Gasteiger partial charge on any atom is -0.483 e. The first kappa shape index (κ1) is 19.3. The number of benzene rings is 1. The van der Waals surface area contributed by atoms with Crippen LogP contribution in [0.15, 0.2) is 30.3 Å². The fourth-order valence-corrected chi connectivity index (χ4v) is 6.01. The summed E-state index contributed by atoms with van der Waals surface area (Å²) >= 11 is 0. The van der Waals surface area contributed by atoms with Gasteiger partial charge in [0.15, 0.2) is 0 Å². The van der Waals surface area contributed by atoms with Crippen molar-refractivity contribution in [3.63, 3.8) is 0 Å². The quantitative estimate of drug-likeness (QED) is 0.796. The van der Waals surface area contributed by atoms with E-state index < -0.39 is 10.0 Å². The summed E-state index contributed by atoms with van der Waals surface area (Å²) in [6, 6.07) is 11.9. The second kappa shape index (κ2) is 8.06. The number of carboxylic acid groups (broad SMARTS) is 1. The van der Waals surface area contributed by atoms with Crippen LogP contribution >= 0.6 is 0 Å². The molecule has 3 aliphatic heterocycles. The van der Waals surface area contributed by atoms with Crippen LogP contribution < -0.4 is 0 Å². The standard InChI is InChI=1S/C18H26N2O2S.CH2O2/c1-23(21,22)19-11-14-10-16(13-19)18-9-5-8-17(20(18)12-14)15-6-3-2-4-7-15;2-1-3/h2-4,6-7,14,16-18H,5,8-13H2,1H3;1H,(H,2,3)/t14-,16+,17+,18-;/m0./s1. The largest absolute Gasteiger partial charge is 0.483 e. The Kier molecular flexibility index (Phi) is 5.99. The summed E-state index contributed by atoms with van der Waals surface area (Å²) in [7, 11) is -3.06. The van der Waals surface area contributed by atoms with E-state index >= 15 is 0 Å². The van der Waals surface area contributed by atoms with Gasteiger partial charge in [-0.3, -0.25) is 9.69 Å². The van der Waals surface area contributed by atoms with E-state index in [2.05, 4.69) is 35.2 Å². The van der Waals surface area contributed by atoms with Crippen molar-refractivity contribution in [3.8, 4) is 0 Å². The summed E-state index contributed by atoms with van der Waals surface area (Å²) in [5.41, 5.74) is 1.43. The van der Waals surface area contributed by atoms with Crippen molar-refractivity contribution in [2.75, 3.05) is 25.9 Å². The van der Waals surface area contributed by atoms with Crippen LogP contribution in [0.3, 0.4) is 0 Å². The van der Waals surface area contributed by atoms with Gasteiger partial charge >= 0.3 is 0 Å². The highest BCUT2D eigenvalue weighted by Gasteiger charge is 2.46. The molecule has 26 heavy (non-hydrogen) atoms. The molecule has 3 fully saturated rings. The van der Waals surface area contributed by atoms with Gasteiger partial charge in [0, 0.05) is 31.7 Å². The molecule has 0 amide bonds. The van der Waals surface area contributed by atoms with Gasteiger partial charge < -0.3 is 5.11 Å². The Labute approximate surface area is 155 Å². The fraction of sp³-hybridized carbons (Fsp3) is 0.632. The van der Waals surface area contributed by atoms with Crippen LogP contribution in [-0.4, -0.2) is 61.1 Å². The number of fused-ring (bicyclic) bond motifs is 4. The van der Waals surface area contributed by atoms with Gasteiger partial charge in [-0.2, -0.15) is 0 Å². The number of carbonyl (C=O) groups is 1. The molecule has 1 N–H and O–H groups in total. The Morgan fingerprint density at radius 1 is 1.12 bits per heavy atom. The molecule has 4 atom stereocenters. The molecule has 144 valence electrons. The first-order valence-corrected chi connectivity index (χ1v) is 11.1. The lowest BCUT2D eigenvalue weighted by Gasteiger charge is -2.54. The molecule has 7 heteroatoms. The second-order valence-corrected chi connectivity index (χ2v) is 9.65. The maximum Gasteiger partial charge on any atom is 0.290 e. The Balaban J connectivity index is 0.000000613. The first-order chi connectivity index (χ1) is 12.4. The average Bonchev–Trinajstić information content (AvgIpc) is 2.62. The first-order valence-electron chi connectivity index (χ1n) is 9.27. The van der Waals surface area contributed by atoms with Gasteiger partial charge in [-0.05, 0) is 43.1 Å². The molecule has 1 aromatic carbocycles. The average molecular weight is 381 g/mol. The van der Waals surface area contributed by atoms with Crippen molar-refractivity contribution in [2.24, 2.45) is 11.8 Å². The summed E-state index contributed by atoms with van der Waals surface area (Å²) in [4.78, 5) is 11.1. The Morgan fingerprint density at radius 2 is 1.81 bits per heavy atom. The van der Waals surface area contributed by atoms with Crippen LogP contribution in [0.2, 0.25) is 0 Å². The molecular formula is C19H28N2O4S. The molecule has 1 aromatic rings. The van der Waals surface area contributed by atoms with E-state index in [-0.39, 0.29) is 6.47 Å². The SMILES string of the molecule is CS(=O)(=O)N1C[C@@H]2C[C@H](C1)[C@@H]1CCC[C@H](c3ccccc3)N1C2.O=CO. The minimum absolute atomic E-state index is 0.250. The molecule has 3 aliphatic rings. The molecule has 2 bridgehead atoms. The van der Waals surface area contributed by atoms with Gasteiger partial charge in [-0.15, -0.1) is 0 Å². The van der Waals surface area contributed by atoms with E-state index in [4.69, 9.17) is 9.90 Å². The molecule has 0 radical (unpaired) electrons. The Bertz CT molecular complexity index is 710. The zero-order chi connectivity index (χ0) is 18.7. The fourth-order valence-electron chi connectivity index (χ4n) is 5.07. The van der Waals surface area contributed by atoms with E-state index in [1.807, 2.05) is 0 Å². The topological polar surface area (TPSA) is 77.9 Å². The second-order valence-electron chi connectivity index (χ2n) is 7.67. The lowest BCUT2D eigenvalue weighted by Crippen LogP contribution is -2.60. The van der Waals surface area contributed by atoms with Crippen LogP contribution in [0.4, 0.5) is 0 Å². The monoisotopic (exact) mass is 380 g/mol. The zero-order valence-electron chi connectivity index (χ0n) is 15.2. The van der Waals surface area contributed by atoms with Crippen LogP contribution in [-0.2, 0) is 14.8 Å². The normalized spacial score (nSPS) is 32.0. The predicted molar refractivity (Wildman–Crippen MR) is 100 cm³/mol. The molecule has 3 heterocycles. The van der Waals surface area contributed by atoms with Crippen LogP contribution in [0.1, 0.15) is 37.3 Å². The Morgan fingerprint density at radius 3 is 2.46 bits per heavy atom. The maximum atomic E-state index is 12.0. The predicted octanol–water partition coefficient (Wildman–Crippen LogP) is 2.19. The molecular weight excluding hydrogens is 352 g/mol. The summed E-state index contributed by atoms with van der Waals surface area (Å²) in [6.07, 6.45) is 6.27. The van der Waals surface area contributed by atoms with Gasteiger partial charge in [-0.1, -0.05) is 30.3 Å². The van der Waals surface area contributed by atoms with E-state index in [0.29, 0.717) is 30.5 Å². The molecule has 6 nitrogen and oxygen atoms in total. The van der Waals surface area contributed by atoms with Crippen molar-refractivity contribution in [1.29, 1.82) is 0 Å². The third-order valence-corrected chi connectivity index (χ3v) is 7.24. The van der Waals surface area contributed by atoms with Crippen molar-refractivity contribution in [3.05, 3.63) is 35.9 Å². The number of hydrogen-bond donors (Lipinski definition) is 1. The van der Waals surface area contributed by atoms with Crippen LogP contribution in [0.5, 0.6) is 0 Å². The van der Waals surface area contributed by atoms with Crippen LogP contribution in [0, 0.1) is 11.8 Å². The zero-order valence-corrected chi connectivity index (χ0v) is 16.0.